The second-order valence-electron chi connectivity index (χ2n) is 19.0. The number of allylic oxidation sites excluding steroid dienone is 2. The van der Waals surface area contributed by atoms with Crippen molar-refractivity contribution in [3.8, 4) is 5.75 Å². The minimum atomic E-state index is -0.914. The van der Waals surface area contributed by atoms with E-state index in [-0.39, 0.29) is 66.4 Å². The number of anilines is 1. The number of cyclic esters (lactones) is 1. The summed E-state index contributed by atoms with van der Waals surface area (Å²) in [4.78, 5) is 31.3. The van der Waals surface area contributed by atoms with Crippen LogP contribution in [0.3, 0.4) is 0 Å². The van der Waals surface area contributed by atoms with E-state index in [1.165, 1.54) is 0 Å². The van der Waals surface area contributed by atoms with Crippen LogP contribution < -0.4 is 10.1 Å². The maximum absolute atomic E-state index is 15.1. The fourth-order valence-electron chi connectivity index (χ4n) is 12.1. The molecule has 1 aromatic rings. The summed E-state index contributed by atoms with van der Waals surface area (Å²) in [6, 6.07) is 7.57. The number of methoxy groups -OCH3 is 4. The highest BCUT2D eigenvalue weighted by atomic mass is 16.7. The second kappa shape index (κ2) is 20.7. The third-order valence-electron chi connectivity index (χ3n) is 15.3. The number of aliphatic hydroxyl groups excluding tert-OH is 1. The number of hydrogen-bond acceptors (Lipinski definition) is 14. The van der Waals surface area contributed by atoms with E-state index in [2.05, 4.69) is 37.3 Å². The summed E-state index contributed by atoms with van der Waals surface area (Å²) in [7, 11) is 10.7. The molecule has 3 unspecified atom stereocenters. The van der Waals surface area contributed by atoms with Crippen LogP contribution in [0.15, 0.2) is 35.9 Å². The topological polar surface area (TPSA) is 153 Å². The number of nitrogens with zero attached hydrogens (tertiary/aromatic N) is 1. The van der Waals surface area contributed by atoms with E-state index in [1.54, 1.807) is 28.4 Å². The van der Waals surface area contributed by atoms with Gasteiger partial charge >= 0.3 is 5.97 Å². The molecule has 19 atom stereocenters. The van der Waals surface area contributed by atoms with Crippen molar-refractivity contribution in [1.82, 2.24) is 4.90 Å². The third-order valence-corrected chi connectivity index (χ3v) is 15.3. The zero-order valence-corrected chi connectivity index (χ0v) is 38.6. The number of likely N-dealkylation sites (N-methyl/N-ethyl adjacent to an activating group) is 1. The van der Waals surface area contributed by atoms with E-state index in [0.717, 1.165) is 24.9 Å². The summed E-state index contributed by atoms with van der Waals surface area (Å²) >= 11 is 0. The Balaban J connectivity index is 1.21. The summed E-state index contributed by atoms with van der Waals surface area (Å²) < 4.78 is 55.8. The Kier molecular flexibility index (Phi) is 15.8. The molecule has 0 bridgehead atoms. The molecule has 2 saturated carbocycles. The van der Waals surface area contributed by atoms with Crippen LogP contribution >= 0.6 is 0 Å². The normalized spacial score (nSPS) is 42.8. The van der Waals surface area contributed by atoms with Crippen molar-refractivity contribution in [2.45, 2.75) is 165 Å². The smallest absolute Gasteiger partial charge is 0.306 e. The van der Waals surface area contributed by atoms with Crippen LogP contribution in [-0.2, 0) is 47.5 Å². The number of Topliss-reactive ketones (excluding diaryl/α,β-unsaturated/α-hetero) is 1. The van der Waals surface area contributed by atoms with Crippen molar-refractivity contribution in [1.29, 1.82) is 0 Å². The molecule has 2 N–H and O–H groups in total. The number of benzene rings is 1. The summed E-state index contributed by atoms with van der Waals surface area (Å²) in [5.74, 6) is -1.39. The summed E-state index contributed by atoms with van der Waals surface area (Å²) in [5, 5.41) is 16.5. The van der Waals surface area contributed by atoms with Crippen molar-refractivity contribution in [2.75, 3.05) is 47.9 Å². The van der Waals surface area contributed by atoms with Gasteiger partial charge in [-0.15, -0.1) is 0 Å². The molecule has 14 heteroatoms. The Morgan fingerprint density at radius 1 is 0.871 bits per heavy atom. The maximum atomic E-state index is 15.1. The van der Waals surface area contributed by atoms with Gasteiger partial charge in [-0.25, -0.2) is 0 Å². The van der Waals surface area contributed by atoms with Gasteiger partial charge in [0.15, 0.2) is 18.4 Å². The molecule has 3 aliphatic heterocycles. The van der Waals surface area contributed by atoms with Crippen LogP contribution in [0.2, 0.25) is 0 Å². The Morgan fingerprint density at radius 2 is 1.61 bits per heavy atom. The number of carbonyl (C=O) groups is 2. The van der Waals surface area contributed by atoms with Crippen molar-refractivity contribution in [2.24, 2.45) is 35.5 Å². The Bertz CT molecular complexity index is 1690. The van der Waals surface area contributed by atoms with Crippen LogP contribution in [0, 0.1) is 35.5 Å². The molecular weight excluding hydrogens is 797 g/mol. The lowest BCUT2D eigenvalue weighted by atomic mass is 9.62. The van der Waals surface area contributed by atoms with E-state index in [1.807, 2.05) is 45.0 Å². The molecule has 6 aliphatic rings. The third kappa shape index (κ3) is 9.79. The minimum absolute atomic E-state index is 0.00527. The molecule has 3 heterocycles. The average molecular weight is 871 g/mol. The molecule has 3 aliphatic carbocycles. The van der Waals surface area contributed by atoms with Gasteiger partial charge in [-0.2, -0.15) is 0 Å². The van der Waals surface area contributed by atoms with Gasteiger partial charge in [-0.3, -0.25) is 9.59 Å². The summed E-state index contributed by atoms with van der Waals surface area (Å²) in [6.07, 6.45) is 3.25. The van der Waals surface area contributed by atoms with Crippen molar-refractivity contribution >= 4 is 17.4 Å². The van der Waals surface area contributed by atoms with Crippen LogP contribution in [0.5, 0.6) is 5.75 Å². The average Bonchev–Trinajstić information content (AvgIpc) is 3.84. The first-order chi connectivity index (χ1) is 29.8. The highest BCUT2D eigenvalue weighted by Crippen LogP contribution is 2.57. The van der Waals surface area contributed by atoms with Crippen LogP contribution in [-0.4, -0.2) is 144 Å². The molecule has 0 radical (unpaired) electrons. The second-order valence-corrected chi connectivity index (χ2v) is 19.0. The largest absolute Gasteiger partial charge is 0.497 e. The van der Waals surface area contributed by atoms with Gasteiger partial charge in [0.05, 0.1) is 50.1 Å². The molecule has 0 amide bonds. The molecule has 0 aromatic heterocycles. The first-order valence-corrected chi connectivity index (χ1v) is 23.2. The molecular formula is C48H74N2O12. The molecule has 14 nitrogen and oxygen atoms in total. The zero-order valence-electron chi connectivity index (χ0n) is 38.6. The lowest BCUT2D eigenvalue weighted by Gasteiger charge is -2.47. The molecule has 3 saturated heterocycles. The monoisotopic (exact) mass is 871 g/mol. The predicted molar refractivity (Wildman–Crippen MR) is 232 cm³/mol. The maximum Gasteiger partial charge on any atom is 0.306 e. The number of aliphatic hydroxyl groups is 1. The van der Waals surface area contributed by atoms with Gasteiger partial charge in [-0.1, -0.05) is 26.0 Å². The fraction of sp³-hybridized carbons (Fsp3) is 0.792. The van der Waals surface area contributed by atoms with Gasteiger partial charge in [0.2, 0.25) is 0 Å². The molecule has 0 spiro atoms. The van der Waals surface area contributed by atoms with E-state index >= 15 is 4.79 Å². The van der Waals surface area contributed by atoms with Crippen molar-refractivity contribution in [3.05, 3.63) is 35.9 Å². The Hall–Kier alpha value is -2.66. The number of ether oxygens (including phenoxy) is 9. The van der Waals surface area contributed by atoms with Gasteiger partial charge < -0.3 is 58.0 Å². The van der Waals surface area contributed by atoms with E-state index in [0.29, 0.717) is 49.5 Å². The zero-order chi connectivity index (χ0) is 44.4. The van der Waals surface area contributed by atoms with E-state index < -0.39 is 60.8 Å². The Labute approximate surface area is 368 Å². The molecule has 62 heavy (non-hydrogen) atoms. The van der Waals surface area contributed by atoms with Gasteiger partial charge in [0.1, 0.15) is 30.2 Å². The molecule has 348 valence electrons. The number of nitrogens with one attached hydrogen (secondary N) is 1. The van der Waals surface area contributed by atoms with Crippen molar-refractivity contribution < 1.29 is 57.3 Å². The number of ketones is 1. The van der Waals surface area contributed by atoms with Gasteiger partial charge in [-0.05, 0) is 115 Å². The van der Waals surface area contributed by atoms with Crippen LogP contribution in [0.4, 0.5) is 5.69 Å². The fourth-order valence-corrected chi connectivity index (χ4v) is 12.1. The van der Waals surface area contributed by atoms with E-state index in [9.17, 15) is 9.90 Å². The molecule has 7 rings (SSSR count). The predicted octanol–water partition coefficient (Wildman–Crippen LogP) is 5.78. The molecule has 1 aromatic carbocycles. The Morgan fingerprint density at radius 3 is 2.29 bits per heavy atom. The number of carbonyl (C=O) groups excluding carboxylic acids is 2. The first kappa shape index (κ1) is 47.3. The van der Waals surface area contributed by atoms with Gasteiger partial charge in [0.25, 0.3) is 0 Å². The number of fused-ring (bicyclic) bond motifs is 5. The van der Waals surface area contributed by atoms with Crippen LogP contribution in [0.25, 0.3) is 0 Å². The van der Waals surface area contributed by atoms with Crippen LogP contribution in [0.1, 0.15) is 85.5 Å². The number of hydrogen-bond donors (Lipinski definition) is 2. The van der Waals surface area contributed by atoms with Crippen molar-refractivity contribution in [3.63, 3.8) is 0 Å². The van der Waals surface area contributed by atoms with E-state index in [4.69, 9.17) is 42.6 Å². The standard InChI is InChI=1S/C48H74N2O12/c1-11-29-15-13-17-38(62-40-19-18-37(50(5)6)26(3)58-40)25(2)43(52)36-23-33-32-21-31(61-48-47(57-10)46(56-9)45(55-8)27(4)59-48)22-35(32)42(49-28-14-12-16-30(20-28)54-7)44(53)41(33)34(36)24-39(51)60-29/h12,14,16,20,23,25-27,29,31-35,37-38,40-42,44-49,53H,11,13,15,17-19,21-22,24H2,1-10H3/t25-,26?,27?,29+,31+,32+,33+,34-,35-,37+,38+,40+,41-,42+,44+,45+,46?,47+,48+/m1/s1. The number of rotatable bonds is 12. The minimum Gasteiger partial charge on any atom is -0.497 e. The SMILES string of the molecule is CC[C@H]1CCC[C@H](O[C@H]2CC[C@H](N(C)C)C(C)O2)[C@@H](C)C(=O)C2=C[C@H]3[C@@H]4C[C@H](O[C@@H]5OC(C)[C@H](OC)C(OC)[C@@H]5OC)C[C@H]4[C@H](Nc4cccc(OC)c4)[C@@H](O)[C@H]3[C@@H]2CC(=O)O1. The summed E-state index contributed by atoms with van der Waals surface area (Å²) in [6.45, 7) is 8.04. The quantitative estimate of drug-likeness (QED) is 0.244. The lowest BCUT2D eigenvalue weighted by molar-refractivity contribution is -0.314. The number of esters is 1. The molecule has 5 fully saturated rings. The van der Waals surface area contributed by atoms with Gasteiger partial charge in [0, 0.05) is 56.9 Å². The first-order valence-electron chi connectivity index (χ1n) is 23.2. The lowest BCUT2D eigenvalue weighted by Crippen LogP contribution is -2.59. The highest BCUT2D eigenvalue weighted by Gasteiger charge is 2.60. The highest BCUT2D eigenvalue weighted by molar-refractivity contribution is 5.99. The summed E-state index contributed by atoms with van der Waals surface area (Å²) in [5.41, 5.74) is 1.40.